The quantitative estimate of drug-likeness (QED) is 0.527. The molecule has 2 N–H and O–H groups in total. The van der Waals surface area contributed by atoms with Gasteiger partial charge < -0.3 is 5.32 Å². The predicted octanol–water partition coefficient (Wildman–Crippen LogP) is 2.33. The highest BCUT2D eigenvalue weighted by atomic mass is 35.5. The van der Waals surface area contributed by atoms with Gasteiger partial charge in [0.2, 0.25) is 15.9 Å². The molecule has 31 heavy (non-hydrogen) atoms. The summed E-state index contributed by atoms with van der Waals surface area (Å²) in [6, 6.07) is 12.3. The molecule has 2 aromatic heterocycles. The van der Waals surface area contributed by atoms with Crippen molar-refractivity contribution in [3.8, 4) is 0 Å². The zero-order valence-electron chi connectivity index (χ0n) is 16.8. The van der Waals surface area contributed by atoms with Gasteiger partial charge in [0.05, 0.1) is 23.9 Å². The van der Waals surface area contributed by atoms with Crippen LogP contribution in [0.3, 0.4) is 0 Å². The minimum absolute atomic E-state index is 0.00443. The fraction of sp³-hybridized carbons (Fsp3) is 0.286. The number of amides is 1. The lowest BCUT2D eigenvalue weighted by Gasteiger charge is -2.22. The maximum atomic E-state index is 13.1. The lowest BCUT2D eigenvalue weighted by atomic mass is 10.0. The fourth-order valence-electron chi connectivity index (χ4n) is 3.71. The van der Waals surface area contributed by atoms with Crippen LogP contribution in [-0.2, 0) is 28.3 Å². The maximum Gasteiger partial charge on any atom is 0.243 e. The van der Waals surface area contributed by atoms with Crippen LogP contribution in [0.25, 0.3) is 0 Å². The summed E-state index contributed by atoms with van der Waals surface area (Å²) in [5, 5.41) is 7.25. The summed E-state index contributed by atoms with van der Waals surface area (Å²) in [6.45, 7) is -0.00443. The normalized spacial score (nSPS) is 16.6. The van der Waals surface area contributed by atoms with Gasteiger partial charge in [0.1, 0.15) is 10.0 Å². The molecule has 4 rings (SSSR count). The molecular formula is C21H22ClN5O3S. The van der Waals surface area contributed by atoms with Gasteiger partial charge in [0.25, 0.3) is 0 Å². The number of nitrogens with zero attached hydrogens (tertiary/aromatic N) is 3. The summed E-state index contributed by atoms with van der Waals surface area (Å²) in [7, 11) is -2.12. The third-order valence-corrected chi connectivity index (χ3v) is 6.90. The molecule has 0 aliphatic heterocycles. The molecule has 3 aromatic rings. The number of halogens is 1. The van der Waals surface area contributed by atoms with Crippen LogP contribution in [0, 0.1) is 0 Å². The molecule has 1 amide bonds. The van der Waals surface area contributed by atoms with Crippen molar-refractivity contribution in [1.29, 1.82) is 0 Å². The Kier molecular flexibility index (Phi) is 6.08. The molecule has 1 aliphatic carbocycles. The summed E-state index contributed by atoms with van der Waals surface area (Å²) in [5.74, 6) is -0.627. The topological polar surface area (TPSA) is 106 Å². The van der Waals surface area contributed by atoms with Crippen LogP contribution in [0.2, 0.25) is 5.15 Å². The number of carbonyl (C=O) groups excluding carboxylic acids is 1. The Bertz CT molecular complexity index is 1200. The van der Waals surface area contributed by atoms with Gasteiger partial charge in [-0.05, 0) is 30.0 Å². The Balaban J connectivity index is 1.53. The van der Waals surface area contributed by atoms with Crippen molar-refractivity contribution < 1.29 is 13.2 Å². The molecule has 2 unspecified atom stereocenters. The van der Waals surface area contributed by atoms with Crippen molar-refractivity contribution in [1.82, 2.24) is 24.8 Å². The third kappa shape index (κ3) is 4.79. The van der Waals surface area contributed by atoms with Crippen molar-refractivity contribution >= 4 is 27.5 Å². The first-order valence-corrected chi connectivity index (χ1v) is 11.7. The summed E-state index contributed by atoms with van der Waals surface area (Å²) in [5.41, 5.74) is 2.49. The molecule has 8 nitrogen and oxygen atoms in total. The van der Waals surface area contributed by atoms with E-state index < -0.39 is 22.0 Å². The SMILES string of the molecule is Cn1cc(S(=O)(=O)NCC(NC(=O)C2CCc3ccc(Cl)nc32)c2ccccc2)cn1. The molecule has 0 bridgehead atoms. The number of pyridine rings is 1. The molecular weight excluding hydrogens is 438 g/mol. The highest BCUT2D eigenvalue weighted by Gasteiger charge is 2.32. The van der Waals surface area contributed by atoms with Gasteiger partial charge in [0, 0.05) is 19.8 Å². The minimum Gasteiger partial charge on any atom is -0.347 e. The molecule has 2 atom stereocenters. The smallest absolute Gasteiger partial charge is 0.243 e. The molecule has 0 saturated carbocycles. The number of aryl methyl sites for hydroxylation is 2. The molecule has 0 spiro atoms. The van der Waals surface area contributed by atoms with Crippen LogP contribution >= 0.6 is 11.6 Å². The maximum absolute atomic E-state index is 13.1. The van der Waals surface area contributed by atoms with Gasteiger partial charge in [-0.25, -0.2) is 18.1 Å². The second-order valence-electron chi connectivity index (χ2n) is 7.44. The number of aromatic nitrogens is 3. The highest BCUT2D eigenvalue weighted by Crippen LogP contribution is 2.33. The highest BCUT2D eigenvalue weighted by molar-refractivity contribution is 7.89. The van der Waals surface area contributed by atoms with Gasteiger partial charge in [-0.3, -0.25) is 9.48 Å². The number of rotatable bonds is 7. The molecule has 1 aliphatic rings. The Morgan fingerprint density at radius 1 is 1.26 bits per heavy atom. The number of carbonyl (C=O) groups is 1. The number of hydrogen-bond acceptors (Lipinski definition) is 5. The zero-order chi connectivity index (χ0) is 22.0. The average molecular weight is 460 g/mol. The van der Waals surface area contributed by atoms with Gasteiger partial charge in [-0.2, -0.15) is 5.10 Å². The number of hydrogen-bond donors (Lipinski definition) is 2. The van der Waals surface area contributed by atoms with Crippen molar-refractivity contribution in [2.24, 2.45) is 7.05 Å². The van der Waals surface area contributed by atoms with E-state index in [0.717, 1.165) is 17.5 Å². The first-order valence-electron chi connectivity index (χ1n) is 9.82. The summed E-state index contributed by atoms with van der Waals surface area (Å²) in [4.78, 5) is 17.5. The van der Waals surface area contributed by atoms with Crippen LogP contribution in [0.15, 0.2) is 59.8 Å². The summed E-state index contributed by atoms with van der Waals surface area (Å²) >= 11 is 6.03. The summed E-state index contributed by atoms with van der Waals surface area (Å²) < 4.78 is 29.2. The molecule has 0 saturated heterocycles. The molecule has 2 heterocycles. The van der Waals surface area contributed by atoms with Crippen LogP contribution in [-0.4, -0.2) is 35.6 Å². The Labute approximate surface area is 185 Å². The van der Waals surface area contributed by atoms with Crippen LogP contribution in [0.5, 0.6) is 0 Å². The molecule has 162 valence electrons. The van der Waals surface area contributed by atoms with Crippen LogP contribution in [0.1, 0.15) is 35.2 Å². The largest absolute Gasteiger partial charge is 0.347 e. The first kappa shape index (κ1) is 21.5. The van der Waals surface area contributed by atoms with E-state index in [1.54, 1.807) is 13.1 Å². The second-order valence-corrected chi connectivity index (χ2v) is 9.60. The molecule has 0 radical (unpaired) electrons. The first-order chi connectivity index (χ1) is 14.8. The van der Waals surface area contributed by atoms with E-state index in [0.29, 0.717) is 17.3 Å². The van der Waals surface area contributed by atoms with E-state index >= 15 is 0 Å². The van der Waals surface area contributed by atoms with Gasteiger partial charge in [-0.1, -0.05) is 48.0 Å². The number of fused-ring (bicyclic) bond motifs is 1. The zero-order valence-corrected chi connectivity index (χ0v) is 18.4. The van der Waals surface area contributed by atoms with E-state index in [1.165, 1.54) is 17.1 Å². The van der Waals surface area contributed by atoms with E-state index in [2.05, 4.69) is 20.1 Å². The van der Waals surface area contributed by atoms with Crippen LogP contribution in [0.4, 0.5) is 0 Å². The molecule has 0 fully saturated rings. The van der Waals surface area contributed by atoms with E-state index in [9.17, 15) is 13.2 Å². The standard InChI is InChI=1S/C21H22ClN5O3S/c1-27-13-16(11-23-27)31(29,30)24-12-18(14-5-3-2-4-6-14)25-21(28)17-9-7-15-8-10-19(22)26-20(15)17/h2-6,8,10-11,13,17-18,24H,7,9,12H2,1H3,(H,25,28). The summed E-state index contributed by atoms with van der Waals surface area (Å²) in [6.07, 6.45) is 4.09. The minimum atomic E-state index is -3.77. The van der Waals surface area contributed by atoms with Gasteiger partial charge in [-0.15, -0.1) is 0 Å². The molecule has 1 aromatic carbocycles. The predicted molar refractivity (Wildman–Crippen MR) is 116 cm³/mol. The Hall–Kier alpha value is -2.75. The number of nitrogens with one attached hydrogen (secondary N) is 2. The lowest BCUT2D eigenvalue weighted by molar-refractivity contribution is -0.123. The van der Waals surface area contributed by atoms with Crippen molar-refractivity contribution in [2.75, 3.05) is 6.54 Å². The fourth-order valence-corrected chi connectivity index (χ4v) is 4.89. The molecule has 10 heteroatoms. The second kappa shape index (κ2) is 8.78. The number of benzene rings is 1. The van der Waals surface area contributed by atoms with Gasteiger partial charge in [0.15, 0.2) is 0 Å². The lowest BCUT2D eigenvalue weighted by Crippen LogP contribution is -2.39. The van der Waals surface area contributed by atoms with Crippen molar-refractivity contribution in [3.05, 3.63) is 76.8 Å². The van der Waals surface area contributed by atoms with E-state index in [4.69, 9.17) is 11.6 Å². The van der Waals surface area contributed by atoms with Crippen LogP contribution < -0.4 is 10.0 Å². The average Bonchev–Trinajstić information content (AvgIpc) is 3.38. The Morgan fingerprint density at radius 2 is 2.03 bits per heavy atom. The van der Waals surface area contributed by atoms with Crippen molar-refractivity contribution in [3.63, 3.8) is 0 Å². The monoisotopic (exact) mass is 459 g/mol. The van der Waals surface area contributed by atoms with E-state index in [1.807, 2.05) is 36.4 Å². The van der Waals surface area contributed by atoms with E-state index in [-0.39, 0.29) is 17.3 Å². The Morgan fingerprint density at radius 3 is 2.74 bits per heavy atom. The number of sulfonamides is 1. The van der Waals surface area contributed by atoms with Gasteiger partial charge >= 0.3 is 0 Å². The van der Waals surface area contributed by atoms with Crippen molar-refractivity contribution in [2.45, 2.75) is 29.7 Å². The third-order valence-electron chi connectivity index (χ3n) is 5.31.